The highest BCUT2D eigenvalue weighted by molar-refractivity contribution is 7.95. The fourth-order valence-corrected chi connectivity index (χ4v) is 6.97. The number of nitrogens with zero attached hydrogens (tertiary/aromatic N) is 4. The van der Waals surface area contributed by atoms with Crippen molar-refractivity contribution < 1.29 is 13.6 Å². The first kappa shape index (κ1) is 24.1. The lowest BCUT2D eigenvalue weighted by atomic mass is 9.97. The molecule has 0 bridgehead atoms. The van der Waals surface area contributed by atoms with Crippen molar-refractivity contribution >= 4 is 27.9 Å². The Morgan fingerprint density at radius 2 is 1.77 bits per heavy atom. The number of nitrogens with one attached hydrogen (secondary N) is 1. The van der Waals surface area contributed by atoms with Gasteiger partial charge in [0.15, 0.2) is 15.3 Å². The summed E-state index contributed by atoms with van der Waals surface area (Å²) in [4.78, 5) is 13.2. The number of sulfonamides is 1. The van der Waals surface area contributed by atoms with E-state index in [1.54, 1.807) is 18.2 Å². The monoisotopic (exact) mass is 513 g/mol. The standard InChI is InChI=1S/C25H28ClN5O3S/c26-20-8-4-5-9-22(20)35(33,34)30-16-13-19(14-17-30)24-29-28-23-11-10-21(31(23)24)25(32)27-15-12-18-6-2-1-3-7-18/h1-9,19,21H,10-17H2,(H-,27,32,33,34). The predicted molar refractivity (Wildman–Crippen MR) is 133 cm³/mol. The maximum atomic E-state index is 13.1. The summed E-state index contributed by atoms with van der Waals surface area (Å²) in [6.45, 7) is 1.31. The normalized spacial score (nSPS) is 20.3. The molecule has 1 fully saturated rings. The van der Waals surface area contributed by atoms with Crippen molar-refractivity contribution in [1.29, 1.82) is 0 Å². The molecule has 2 aliphatic heterocycles. The van der Waals surface area contributed by atoms with Crippen LogP contribution < -0.4 is 5.32 Å². The van der Waals surface area contributed by atoms with Gasteiger partial charge in [-0.25, -0.2) is 0 Å². The van der Waals surface area contributed by atoms with E-state index in [0.29, 0.717) is 45.3 Å². The Balaban J connectivity index is 1.23. The molecule has 2 aliphatic rings. The maximum absolute atomic E-state index is 13.1. The molecule has 8 nitrogen and oxygen atoms in total. The molecule has 1 N–H and O–H groups in total. The molecule has 2 aromatic carbocycles. The topological polar surface area (TPSA) is 103 Å². The zero-order chi connectivity index (χ0) is 24.4. The molecular weight excluding hydrogens is 486 g/mol. The number of hydrogen-bond acceptors (Lipinski definition) is 5. The zero-order valence-corrected chi connectivity index (χ0v) is 20.9. The molecule has 184 valence electrons. The molecule has 0 spiro atoms. The summed E-state index contributed by atoms with van der Waals surface area (Å²) >= 11 is 6.15. The van der Waals surface area contributed by atoms with Crippen LogP contribution in [0.3, 0.4) is 0 Å². The van der Waals surface area contributed by atoms with E-state index < -0.39 is 10.4 Å². The van der Waals surface area contributed by atoms with Crippen molar-refractivity contribution in [3.63, 3.8) is 0 Å². The second kappa shape index (κ2) is 10.2. The number of rotatable bonds is 7. The molecule has 0 aliphatic carbocycles. The van der Waals surface area contributed by atoms with E-state index in [4.69, 9.17) is 11.6 Å². The number of aromatic nitrogens is 3. The summed E-state index contributed by atoms with van der Waals surface area (Å²) in [5.74, 6) is 1.65. The van der Waals surface area contributed by atoms with Gasteiger partial charge in [-0.1, -0.05) is 58.3 Å². The lowest BCUT2D eigenvalue weighted by Gasteiger charge is -2.33. The summed E-state index contributed by atoms with van der Waals surface area (Å²) in [7, 11) is -3.66. The van der Waals surface area contributed by atoms with Gasteiger partial charge in [-0.15, -0.1) is 14.5 Å². The largest absolute Gasteiger partial charge is 0.593 e. The number of fused-ring (bicyclic) bond motifs is 1. The average Bonchev–Trinajstić information content (AvgIpc) is 3.47. The lowest BCUT2D eigenvalue weighted by molar-refractivity contribution is -0.124. The number of amides is 1. The van der Waals surface area contributed by atoms with E-state index in [1.165, 1.54) is 15.9 Å². The zero-order valence-electron chi connectivity index (χ0n) is 19.3. The lowest BCUT2D eigenvalue weighted by Crippen LogP contribution is -2.42. The van der Waals surface area contributed by atoms with Gasteiger partial charge in [0, 0.05) is 32.0 Å². The Morgan fingerprint density at radius 3 is 2.51 bits per heavy atom. The first-order valence-corrected chi connectivity index (χ1v) is 13.8. The minimum absolute atomic E-state index is 0.0144. The van der Waals surface area contributed by atoms with Crippen molar-refractivity contribution in [2.24, 2.45) is 0 Å². The molecule has 3 heterocycles. The Hall–Kier alpha value is -2.59. The van der Waals surface area contributed by atoms with Crippen molar-refractivity contribution in [1.82, 2.24) is 24.4 Å². The Kier molecular flexibility index (Phi) is 7.02. The second-order valence-electron chi connectivity index (χ2n) is 9.03. The number of aryl methyl sites for hydroxylation is 1. The molecule has 2 atom stereocenters. The SMILES string of the molecule is O=C(NCCc1ccccc1)C1CCc2nnc(C3CCN([S+](=O)([O-])c4ccccc4Cl)CC3)n21. The van der Waals surface area contributed by atoms with Gasteiger partial charge >= 0.3 is 0 Å². The average molecular weight is 514 g/mol. The van der Waals surface area contributed by atoms with Crippen LogP contribution >= 0.6 is 11.6 Å². The molecule has 2 unspecified atom stereocenters. The van der Waals surface area contributed by atoms with E-state index in [0.717, 1.165) is 18.1 Å². The summed E-state index contributed by atoms with van der Waals surface area (Å²) in [6, 6.07) is 16.3. The summed E-state index contributed by atoms with van der Waals surface area (Å²) in [5, 5.41) is 12.1. The van der Waals surface area contributed by atoms with Gasteiger partial charge in [0.05, 0.1) is 5.02 Å². The molecular formula is C25H28ClN5O3S. The number of carbonyl (C=O) groups excluding carboxylic acids is 1. The smallest absolute Gasteiger partial charge is 0.243 e. The van der Waals surface area contributed by atoms with Crippen LogP contribution in [0.2, 0.25) is 5.02 Å². The van der Waals surface area contributed by atoms with Crippen LogP contribution in [0.4, 0.5) is 0 Å². The van der Waals surface area contributed by atoms with Gasteiger partial charge in [0.25, 0.3) is 0 Å². The van der Waals surface area contributed by atoms with E-state index in [9.17, 15) is 13.6 Å². The molecule has 10 heteroatoms. The number of piperidine rings is 1. The van der Waals surface area contributed by atoms with Crippen LogP contribution in [-0.2, 0) is 32.2 Å². The van der Waals surface area contributed by atoms with Crippen molar-refractivity contribution in [2.75, 3.05) is 19.6 Å². The number of hydrogen-bond donors (Lipinski definition) is 1. The second-order valence-corrected chi connectivity index (χ2v) is 11.3. The van der Waals surface area contributed by atoms with Crippen LogP contribution in [0.15, 0.2) is 59.5 Å². The van der Waals surface area contributed by atoms with Crippen LogP contribution in [0.1, 0.15) is 48.4 Å². The van der Waals surface area contributed by atoms with Crippen molar-refractivity contribution in [3.8, 4) is 0 Å². The van der Waals surface area contributed by atoms with E-state index >= 15 is 0 Å². The summed E-state index contributed by atoms with van der Waals surface area (Å²) < 4.78 is 29.6. The fourth-order valence-electron chi connectivity index (χ4n) is 5.01. The molecule has 1 amide bonds. The van der Waals surface area contributed by atoms with Gasteiger partial charge in [-0.3, -0.25) is 4.79 Å². The van der Waals surface area contributed by atoms with Gasteiger partial charge in [0.2, 0.25) is 5.91 Å². The minimum atomic E-state index is -3.66. The summed E-state index contributed by atoms with van der Waals surface area (Å²) in [6.07, 6.45) is 3.42. The Labute approximate surface area is 211 Å². The highest BCUT2D eigenvalue weighted by Gasteiger charge is 2.39. The highest BCUT2D eigenvalue weighted by atomic mass is 35.5. The third-order valence-electron chi connectivity index (χ3n) is 6.88. The molecule has 3 aromatic rings. The van der Waals surface area contributed by atoms with Gasteiger partial charge in [0.1, 0.15) is 17.7 Å². The molecule has 1 saturated heterocycles. The molecule has 5 rings (SSSR count). The minimum Gasteiger partial charge on any atom is -0.593 e. The van der Waals surface area contributed by atoms with Crippen LogP contribution in [0.25, 0.3) is 0 Å². The summed E-state index contributed by atoms with van der Waals surface area (Å²) in [5.41, 5.74) is 1.18. The van der Waals surface area contributed by atoms with Crippen molar-refractivity contribution in [2.45, 2.75) is 49.0 Å². The molecule has 1 aromatic heterocycles. The number of halogens is 1. The maximum Gasteiger partial charge on any atom is 0.243 e. The first-order chi connectivity index (χ1) is 16.9. The van der Waals surface area contributed by atoms with Gasteiger partial charge < -0.3 is 14.4 Å². The molecule has 35 heavy (non-hydrogen) atoms. The molecule has 0 saturated carbocycles. The highest BCUT2D eigenvalue weighted by Crippen LogP contribution is 2.37. The third-order valence-corrected chi connectivity index (χ3v) is 9.28. The van der Waals surface area contributed by atoms with E-state index in [-0.39, 0.29) is 27.8 Å². The van der Waals surface area contributed by atoms with E-state index in [1.807, 2.05) is 22.8 Å². The quantitative estimate of drug-likeness (QED) is 0.486. The van der Waals surface area contributed by atoms with Crippen LogP contribution in [0, 0.1) is 0 Å². The molecule has 0 radical (unpaired) electrons. The Morgan fingerprint density at radius 1 is 1.06 bits per heavy atom. The number of benzene rings is 2. The van der Waals surface area contributed by atoms with Crippen LogP contribution in [-0.4, -0.2) is 49.2 Å². The predicted octanol–water partition coefficient (Wildman–Crippen LogP) is 3.56. The van der Waals surface area contributed by atoms with E-state index in [2.05, 4.69) is 27.6 Å². The number of carbonyl (C=O) groups is 1. The Bertz CT molecular complexity index is 1240. The fraction of sp³-hybridized carbons (Fsp3) is 0.400. The van der Waals surface area contributed by atoms with Crippen LogP contribution in [0.5, 0.6) is 0 Å². The van der Waals surface area contributed by atoms with Gasteiger partial charge in [-0.2, -0.15) is 0 Å². The van der Waals surface area contributed by atoms with Gasteiger partial charge in [-0.05, 0) is 43.4 Å². The van der Waals surface area contributed by atoms with Crippen molar-refractivity contribution in [3.05, 3.63) is 76.8 Å². The first-order valence-electron chi connectivity index (χ1n) is 11.9. The third kappa shape index (κ3) is 4.91.